The highest BCUT2D eigenvalue weighted by molar-refractivity contribution is 8.18. The second-order valence-electron chi connectivity index (χ2n) is 8.37. The second kappa shape index (κ2) is 11.4. The van der Waals surface area contributed by atoms with E-state index in [1.165, 1.54) is 12.1 Å². The Labute approximate surface area is 207 Å². The first kappa shape index (κ1) is 24.7. The van der Waals surface area contributed by atoms with E-state index in [1.54, 1.807) is 25.1 Å². The van der Waals surface area contributed by atoms with Crippen molar-refractivity contribution in [1.29, 1.82) is 0 Å². The number of hydrogen-bond donors (Lipinski definition) is 3. The highest BCUT2D eigenvalue weighted by Gasteiger charge is 2.25. The average Bonchev–Trinajstić information content (AvgIpc) is 3.18. The molecular formula is C25H27FN6O2S. The van der Waals surface area contributed by atoms with Crippen LogP contribution in [0.3, 0.4) is 0 Å². The number of carbonyl (C=O) groups is 2. The first-order valence-corrected chi connectivity index (χ1v) is 12.3. The van der Waals surface area contributed by atoms with Gasteiger partial charge in [-0.05, 0) is 81.4 Å². The maximum absolute atomic E-state index is 13.4. The minimum Gasteiger partial charge on any atom is -0.351 e. The van der Waals surface area contributed by atoms with Crippen LogP contribution in [0.5, 0.6) is 0 Å². The number of guanidine groups is 1. The van der Waals surface area contributed by atoms with Crippen LogP contribution in [0.1, 0.15) is 38.3 Å². The standard InChI is InChI=1S/C25H27FN6O2S/c1-3-17(13-22-23(33)32-25(34)35-22)30-24(27-2)31-19-9-7-18(8-10-19)28-14-20-6-4-15-12-16(26)5-11-21(15)29-20/h3-6,11-13,18-19,28H,2,7-10,14H2,1H3,(H,30,31)(H,32,33,34)/b17-3-,22-13-/t18-,19-. The number of halogens is 1. The number of fused-ring (bicyclic) bond motifs is 1. The molecule has 0 atom stereocenters. The normalized spacial score (nSPS) is 22.5. The van der Waals surface area contributed by atoms with Crippen LogP contribution in [0.2, 0.25) is 0 Å². The monoisotopic (exact) mass is 494 g/mol. The maximum atomic E-state index is 13.4. The molecule has 2 amide bonds. The number of aliphatic imine (C=N–C) groups is 2. The van der Waals surface area contributed by atoms with Crippen molar-refractivity contribution in [3.05, 3.63) is 64.6 Å². The Hall–Kier alpha value is -3.37. The van der Waals surface area contributed by atoms with E-state index >= 15 is 0 Å². The molecule has 0 unspecified atom stereocenters. The van der Waals surface area contributed by atoms with Crippen molar-refractivity contribution in [1.82, 2.24) is 20.9 Å². The number of carbonyl (C=O) groups excluding carboxylic acids is 2. The van der Waals surface area contributed by atoms with Gasteiger partial charge in [0.2, 0.25) is 5.96 Å². The average molecular weight is 495 g/mol. The van der Waals surface area contributed by atoms with E-state index < -0.39 is 11.1 Å². The third-order valence-corrected chi connectivity index (χ3v) is 6.75. The molecule has 1 aliphatic carbocycles. The summed E-state index contributed by atoms with van der Waals surface area (Å²) in [4.78, 5) is 36.5. The van der Waals surface area contributed by atoms with Gasteiger partial charge in [-0.2, -0.15) is 0 Å². The number of allylic oxidation sites excluding steroid dienone is 2. The van der Waals surface area contributed by atoms with E-state index in [4.69, 9.17) is 0 Å². The third kappa shape index (κ3) is 6.61. The number of rotatable bonds is 6. The van der Waals surface area contributed by atoms with E-state index in [-0.39, 0.29) is 11.9 Å². The summed E-state index contributed by atoms with van der Waals surface area (Å²) in [5.41, 5.74) is 2.24. The first-order chi connectivity index (χ1) is 16.9. The molecule has 0 spiro atoms. The summed E-state index contributed by atoms with van der Waals surface area (Å²) in [5.74, 6) is -0.293. The fourth-order valence-corrected chi connectivity index (χ4v) is 4.75. The Bertz CT molecular complexity index is 1230. The van der Waals surface area contributed by atoms with E-state index in [2.05, 4.69) is 37.6 Å². The van der Waals surface area contributed by atoms with Gasteiger partial charge in [0.25, 0.3) is 11.1 Å². The van der Waals surface area contributed by atoms with Gasteiger partial charge in [-0.3, -0.25) is 19.9 Å². The summed E-state index contributed by atoms with van der Waals surface area (Å²) in [6, 6.07) is 9.04. The van der Waals surface area contributed by atoms with Gasteiger partial charge in [0.1, 0.15) is 5.82 Å². The fraction of sp³-hybridized carbons (Fsp3) is 0.320. The number of benzene rings is 1. The number of thioether (sulfide) groups is 1. The Kier molecular flexibility index (Phi) is 8.04. The lowest BCUT2D eigenvalue weighted by molar-refractivity contribution is -0.115. The summed E-state index contributed by atoms with van der Waals surface area (Å²) >= 11 is 0.850. The SMILES string of the molecule is C=N\C(=N/C(=C\C)/C=C1\SC(=O)NC1=O)N[C@H]1CC[C@H](NCc2ccc3cc(F)ccc3n2)CC1. The van der Waals surface area contributed by atoms with Gasteiger partial charge >= 0.3 is 0 Å². The van der Waals surface area contributed by atoms with Gasteiger partial charge in [0.05, 0.1) is 21.8 Å². The van der Waals surface area contributed by atoms with Gasteiger partial charge in [0, 0.05) is 24.0 Å². The molecular weight excluding hydrogens is 467 g/mol. The van der Waals surface area contributed by atoms with Crippen LogP contribution in [0.25, 0.3) is 10.9 Å². The molecule has 1 saturated heterocycles. The van der Waals surface area contributed by atoms with Crippen LogP contribution in [0.4, 0.5) is 9.18 Å². The molecule has 2 heterocycles. The van der Waals surface area contributed by atoms with E-state index in [0.717, 1.165) is 54.0 Å². The first-order valence-electron chi connectivity index (χ1n) is 11.4. The highest BCUT2D eigenvalue weighted by Crippen LogP contribution is 2.25. The summed E-state index contributed by atoms with van der Waals surface area (Å²) in [6.45, 7) is 6.07. The molecule has 2 aliphatic rings. The molecule has 1 aromatic carbocycles. The molecule has 182 valence electrons. The van der Waals surface area contributed by atoms with Crippen molar-refractivity contribution in [2.24, 2.45) is 9.98 Å². The van der Waals surface area contributed by atoms with Gasteiger partial charge in [0.15, 0.2) is 0 Å². The molecule has 0 bridgehead atoms. The van der Waals surface area contributed by atoms with Crippen LogP contribution >= 0.6 is 11.8 Å². The lowest BCUT2D eigenvalue weighted by Crippen LogP contribution is -2.41. The number of hydrogen-bond acceptors (Lipinski definition) is 6. The maximum Gasteiger partial charge on any atom is 0.290 e. The third-order valence-electron chi connectivity index (χ3n) is 5.94. The van der Waals surface area contributed by atoms with Crippen LogP contribution < -0.4 is 16.0 Å². The van der Waals surface area contributed by atoms with Crippen LogP contribution in [0, 0.1) is 5.82 Å². The van der Waals surface area contributed by atoms with Crippen molar-refractivity contribution >= 4 is 46.5 Å². The highest BCUT2D eigenvalue weighted by atomic mass is 32.2. The molecule has 1 aromatic heterocycles. The Morgan fingerprint density at radius 1 is 1.23 bits per heavy atom. The lowest BCUT2D eigenvalue weighted by Gasteiger charge is -2.30. The Morgan fingerprint density at radius 2 is 2.00 bits per heavy atom. The largest absolute Gasteiger partial charge is 0.351 e. The summed E-state index contributed by atoms with van der Waals surface area (Å²) in [6.07, 6.45) is 7.16. The van der Waals surface area contributed by atoms with Gasteiger partial charge in [-0.15, -0.1) is 0 Å². The Balaban J connectivity index is 1.28. The molecule has 2 fully saturated rings. The zero-order valence-corrected chi connectivity index (χ0v) is 20.2. The number of aromatic nitrogens is 1. The zero-order valence-electron chi connectivity index (χ0n) is 19.4. The predicted octanol–water partition coefficient (Wildman–Crippen LogP) is 4.19. The number of nitrogens with one attached hydrogen (secondary N) is 3. The smallest absolute Gasteiger partial charge is 0.290 e. The van der Waals surface area contributed by atoms with Crippen molar-refractivity contribution < 1.29 is 14.0 Å². The number of imide groups is 1. The van der Waals surface area contributed by atoms with Crippen molar-refractivity contribution in [3.8, 4) is 0 Å². The summed E-state index contributed by atoms with van der Waals surface area (Å²) in [5, 5.41) is 9.55. The number of nitrogens with zero attached hydrogens (tertiary/aromatic N) is 3. The molecule has 1 aliphatic heterocycles. The van der Waals surface area contributed by atoms with Crippen molar-refractivity contribution in [3.63, 3.8) is 0 Å². The van der Waals surface area contributed by atoms with Crippen molar-refractivity contribution in [2.45, 2.75) is 51.2 Å². The molecule has 10 heteroatoms. The van der Waals surface area contributed by atoms with Gasteiger partial charge < -0.3 is 10.6 Å². The van der Waals surface area contributed by atoms with E-state index in [9.17, 15) is 14.0 Å². The Morgan fingerprint density at radius 3 is 2.69 bits per heavy atom. The fourth-order valence-electron chi connectivity index (χ4n) is 4.08. The van der Waals surface area contributed by atoms with Crippen molar-refractivity contribution in [2.75, 3.05) is 0 Å². The van der Waals surface area contributed by atoms with Crippen LogP contribution in [-0.4, -0.2) is 40.9 Å². The van der Waals surface area contributed by atoms with Crippen LogP contribution in [0.15, 0.2) is 63.1 Å². The van der Waals surface area contributed by atoms with E-state index in [1.807, 2.05) is 12.1 Å². The van der Waals surface area contributed by atoms with Gasteiger partial charge in [-0.1, -0.05) is 12.1 Å². The summed E-state index contributed by atoms with van der Waals surface area (Å²) in [7, 11) is 0. The molecule has 0 radical (unpaired) electrons. The topological polar surface area (TPSA) is 108 Å². The minimum absolute atomic E-state index is 0.211. The van der Waals surface area contributed by atoms with Crippen LogP contribution in [-0.2, 0) is 11.3 Å². The molecule has 35 heavy (non-hydrogen) atoms. The zero-order chi connectivity index (χ0) is 24.8. The predicted molar refractivity (Wildman–Crippen MR) is 138 cm³/mol. The lowest BCUT2D eigenvalue weighted by atomic mass is 9.91. The summed E-state index contributed by atoms with van der Waals surface area (Å²) < 4.78 is 13.4. The van der Waals surface area contributed by atoms with E-state index in [0.29, 0.717) is 29.1 Å². The minimum atomic E-state index is -0.422. The number of pyridine rings is 1. The second-order valence-corrected chi connectivity index (χ2v) is 9.39. The molecule has 4 rings (SSSR count). The molecule has 1 saturated carbocycles. The number of amides is 2. The van der Waals surface area contributed by atoms with Gasteiger partial charge in [-0.25, -0.2) is 14.4 Å². The molecule has 8 nitrogen and oxygen atoms in total. The molecule has 2 aromatic rings. The quantitative estimate of drug-likeness (QED) is 0.316. The molecule has 3 N–H and O–H groups in total.